The molecular weight excluding hydrogens is 606 g/mol. The van der Waals surface area contributed by atoms with Crippen molar-refractivity contribution in [3.8, 4) is 22.8 Å². The third kappa shape index (κ3) is 6.53. The average molecular weight is 647 g/mol. The van der Waals surface area contributed by atoms with E-state index in [1.54, 1.807) is 11.0 Å². The standard InChI is InChI=1S/C34H40F2N8O3/c1-8-27(45)42-12-13-43(21(5)18-42)32-22-17-24(36)30(28-23(35)10-9-11-25(28)37)39-33(22)44(34(46)40-32)31-20(4)16-26(38-29(31)19(2)3)47-15-14-41(6)7/h8-11,16-17,19,21H,1,12-15,18,37H2,2-7H3/t21-/m0/s1. The highest BCUT2D eigenvalue weighted by Gasteiger charge is 2.31. The molecule has 1 fully saturated rings. The molecule has 0 saturated carbocycles. The van der Waals surface area contributed by atoms with E-state index in [0.717, 1.165) is 0 Å². The minimum Gasteiger partial charge on any atom is -0.476 e. The minimum atomic E-state index is -0.834. The Morgan fingerprint density at radius 1 is 1.17 bits per heavy atom. The second-order valence-corrected chi connectivity index (χ2v) is 12.3. The fraction of sp³-hybridized carbons (Fsp3) is 0.382. The molecule has 1 aromatic carbocycles. The number of benzene rings is 1. The lowest BCUT2D eigenvalue weighted by Gasteiger charge is -2.40. The number of rotatable bonds is 9. The summed E-state index contributed by atoms with van der Waals surface area (Å²) in [5.74, 6) is -1.35. The van der Waals surface area contributed by atoms with Crippen LogP contribution in [0.1, 0.15) is 37.9 Å². The second kappa shape index (κ2) is 13.4. The number of piperazine rings is 1. The number of carbonyl (C=O) groups is 1. The number of ether oxygens (including phenoxy) is 1. The van der Waals surface area contributed by atoms with E-state index in [0.29, 0.717) is 55.6 Å². The van der Waals surface area contributed by atoms with E-state index >= 15 is 8.78 Å². The number of carbonyl (C=O) groups excluding carboxylic acids is 1. The van der Waals surface area contributed by atoms with Gasteiger partial charge in [-0.15, -0.1) is 0 Å². The fourth-order valence-electron chi connectivity index (χ4n) is 5.85. The van der Waals surface area contributed by atoms with Crippen LogP contribution in [0.5, 0.6) is 5.88 Å². The van der Waals surface area contributed by atoms with E-state index in [1.165, 1.54) is 34.9 Å². The first-order chi connectivity index (χ1) is 22.3. The molecule has 1 amide bonds. The predicted octanol–water partition coefficient (Wildman–Crippen LogP) is 4.30. The van der Waals surface area contributed by atoms with Crippen molar-refractivity contribution >= 4 is 28.4 Å². The van der Waals surface area contributed by atoms with Crippen LogP contribution in [0.4, 0.5) is 20.3 Å². The molecule has 248 valence electrons. The number of aryl methyl sites for hydroxylation is 1. The van der Waals surface area contributed by atoms with Crippen molar-refractivity contribution in [2.24, 2.45) is 0 Å². The molecule has 0 radical (unpaired) electrons. The molecule has 0 unspecified atom stereocenters. The molecule has 0 bridgehead atoms. The molecule has 3 aromatic heterocycles. The highest BCUT2D eigenvalue weighted by molar-refractivity contribution is 5.92. The van der Waals surface area contributed by atoms with Gasteiger partial charge in [-0.05, 0) is 63.7 Å². The maximum absolute atomic E-state index is 16.1. The summed E-state index contributed by atoms with van der Waals surface area (Å²) < 4.78 is 38.5. The monoisotopic (exact) mass is 646 g/mol. The number of pyridine rings is 2. The van der Waals surface area contributed by atoms with Crippen LogP contribution in [-0.2, 0) is 4.79 Å². The molecule has 1 saturated heterocycles. The van der Waals surface area contributed by atoms with Gasteiger partial charge in [0.15, 0.2) is 11.5 Å². The van der Waals surface area contributed by atoms with Gasteiger partial charge in [0.25, 0.3) is 0 Å². The molecule has 5 rings (SSSR count). The van der Waals surface area contributed by atoms with Crippen LogP contribution in [0.3, 0.4) is 0 Å². The maximum Gasteiger partial charge on any atom is 0.355 e. The molecule has 11 nitrogen and oxygen atoms in total. The summed E-state index contributed by atoms with van der Waals surface area (Å²) in [5, 5.41) is 0.233. The highest BCUT2D eigenvalue weighted by Crippen LogP contribution is 2.36. The van der Waals surface area contributed by atoms with Gasteiger partial charge >= 0.3 is 5.69 Å². The molecule has 1 aliphatic heterocycles. The van der Waals surface area contributed by atoms with E-state index in [4.69, 9.17) is 15.5 Å². The largest absolute Gasteiger partial charge is 0.476 e. The summed E-state index contributed by atoms with van der Waals surface area (Å²) in [6, 6.07) is 6.73. The lowest BCUT2D eigenvalue weighted by molar-refractivity contribution is -0.126. The van der Waals surface area contributed by atoms with Gasteiger partial charge in [-0.2, -0.15) is 4.98 Å². The minimum absolute atomic E-state index is 0.00417. The summed E-state index contributed by atoms with van der Waals surface area (Å²) in [7, 11) is 3.89. The molecule has 4 aromatic rings. The number of amides is 1. The SMILES string of the molecule is C=CC(=O)N1CCN(c2nc(=O)n(-c3c(C)cc(OCCN(C)C)nc3C(C)C)c3nc(-c4c(N)cccc4F)c(F)cc23)[C@@H](C)C1. The molecule has 1 aliphatic rings. The zero-order valence-corrected chi connectivity index (χ0v) is 27.5. The van der Waals surface area contributed by atoms with Crippen molar-refractivity contribution < 1.29 is 18.3 Å². The van der Waals surface area contributed by atoms with Gasteiger partial charge in [-0.25, -0.2) is 28.1 Å². The van der Waals surface area contributed by atoms with E-state index in [9.17, 15) is 9.59 Å². The zero-order chi connectivity index (χ0) is 34.2. The highest BCUT2D eigenvalue weighted by atomic mass is 19.1. The van der Waals surface area contributed by atoms with Crippen LogP contribution in [0.2, 0.25) is 0 Å². The zero-order valence-electron chi connectivity index (χ0n) is 27.5. The molecule has 2 N–H and O–H groups in total. The molecule has 13 heteroatoms. The summed E-state index contributed by atoms with van der Waals surface area (Å²) in [6.45, 7) is 13.3. The van der Waals surface area contributed by atoms with E-state index < -0.39 is 17.3 Å². The van der Waals surface area contributed by atoms with Crippen LogP contribution < -0.4 is 21.1 Å². The van der Waals surface area contributed by atoms with Crippen molar-refractivity contribution in [3.05, 3.63) is 76.4 Å². The molecule has 4 heterocycles. The molecule has 0 aliphatic carbocycles. The van der Waals surface area contributed by atoms with Gasteiger partial charge in [0.2, 0.25) is 11.8 Å². The van der Waals surface area contributed by atoms with Crippen LogP contribution in [0.15, 0.2) is 47.8 Å². The average Bonchev–Trinajstić information content (AvgIpc) is 3.01. The Morgan fingerprint density at radius 2 is 1.91 bits per heavy atom. The Balaban J connectivity index is 1.78. The smallest absolute Gasteiger partial charge is 0.355 e. The Bertz CT molecular complexity index is 1890. The first-order valence-corrected chi connectivity index (χ1v) is 15.5. The number of hydrogen-bond acceptors (Lipinski definition) is 9. The Labute approximate surface area is 272 Å². The van der Waals surface area contributed by atoms with Crippen LogP contribution >= 0.6 is 0 Å². The second-order valence-electron chi connectivity index (χ2n) is 12.3. The normalized spacial score (nSPS) is 15.1. The quantitative estimate of drug-likeness (QED) is 0.210. The lowest BCUT2D eigenvalue weighted by Crippen LogP contribution is -2.54. The fourth-order valence-corrected chi connectivity index (χ4v) is 5.85. The molecule has 47 heavy (non-hydrogen) atoms. The Hall–Kier alpha value is -4.91. The van der Waals surface area contributed by atoms with E-state index in [1.807, 2.05) is 51.6 Å². The number of fused-ring (bicyclic) bond motifs is 1. The van der Waals surface area contributed by atoms with Crippen molar-refractivity contribution in [1.29, 1.82) is 0 Å². The topological polar surface area (TPSA) is 123 Å². The number of halogens is 2. The van der Waals surface area contributed by atoms with Gasteiger partial charge in [0.05, 0.1) is 22.3 Å². The van der Waals surface area contributed by atoms with Gasteiger partial charge in [0.1, 0.15) is 23.9 Å². The van der Waals surface area contributed by atoms with Crippen LogP contribution in [0, 0.1) is 18.6 Å². The Kier molecular flexibility index (Phi) is 9.57. The predicted molar refractivity (Wildman–Crippen MR) is 179 cm³/mol. The first kappa shape index (κ1) is 33.5. The van der Waals surface area contributed by atoms with Crippen molar-refractivity contribution in [2.75, 3.05) is 57.5 Å². The van der Waals surface area contributed by atoms with E-state index in [-0.39, 0.29) is 51.7 Å². The number of nitrogens with two attached hydrogens (primary N) is 1. The maximum atomic E-state index is 16.1. The summed E-state index contributed by atoms with van der Waals surface area (Å²) in [5.41, 5.74) is 6.58. The van der Waals surface area contributed by atoms with Gasteiger partial charge < -0.3 is 25.2 Å². The molecule has 0 spiro atoms. The van der Waals surface area contributed by atoms with Crippen LogP contribution in [-0.4, -0.2) is 88.1 Å². The number of nitrogens with zero attached hydrogens (tertiary/aromatic N) is 7. The number of likely N-dealkylation sites (N-methyl/N-ethyl adjacent to an activating group) is 1. The first-order valence-electron chi connectivity index (χ1n) is 15.5. The van der Waals surface area contributed by atoms with Crippen molar-refractivity contribution in [2.45, 2.75) is 39.7 Å². The third-order valence-corrected chi connectivity index (χ3v) is 8.22. The summed E-state index contributed by atoms with van der Waals surface area (Å²) in [6.07, 6.45) is 1.26. The molecule has 1 atom stereocenters. The van der Waals surface area contributed by atoms with Crippen LogP contribution in [0.25, 0.3) is 28.0 Å². The van der Waals surface area contributed by atoms with Crippen molar-refractivity contribution in [1.82, 2.24) is 29.3 Å². The van der Waals surface area contributed by atoms with E-state index in [2.05, 4.69) is 16.5 Å². The Morgan fingerprint density at radius 3 is 2.55 bits per heavy atom. The number of aromatic nitrogens is 4. The van der Waals surface area contributed by atoms with Gasteiger partial charge in [-0.3, -0.25) is 4.79 Å². The third-order valence-electron chi connectivity index (χ3n) is 8.22. The summed E-state index contributed by atoms with van der Waals surface area (Å²) in [4.78, 5) is 45.9. The lowest BCUT2D eigenvalue weighted by atomic mass is 10.0. The van der Waals surface area contributed by atoms with Gasteiger partial charge in [-0.1, -0.05) is 26.5 Å². The van der Waals surface area contributed by atoms with Crippen molar-refractivity contribution in [3.63, 3.8) is 0 Å². The number of hydrogen-bond donors (Lipinski definition) is 1. The molecular formula is C34H40F2N8O3. The summed E-state index contributed by atoms with van der Waals surface area (Å²) >= 11 is 0. The number of anilines is 2. The number of nitrogen functional groups attached to an aromatic ring is 1. The van der Waals surface area contributed by atoms with Gasteiger partial charge in [0, 0.05) is 44.0 Å².